The molecule has 0 aromatic carbocycles. The Balaban J connectivity index is 1.77. The van der Waals surface area contributed by atoms with E-state index in [2.05, 4.69) is 31.0 Å². The minimum Gasteiger partial charge on any atom is -0.378 e. The minimum atomic E-state index is -0.179. The van der Waals surface area contributed by atoms with Gasteiger partial charge in [0.2, 0.25) is 5.91 Å². The molecule has 2 aliphatic heterocycles. The van der Waals surface area contributed by atoms with Gasteiger partial charge in [0.1, 0.15) is 0 Å². The Morgan fingerprint density at radius 3 is 2.79 bits per heavy atom. The number of hydrogen-bond donors (Lipinski definition) is 1. The fourth-order valence-corrected chi connectivity index (χ4v) is 3.59. The van der Waals surface area contributed by atoms with Crippen molar-refractivity contribution in [1.82, 2.24) is 10.2 Å². The Labute approximate surface area is 115 Å². The summed E-state index contributed by atoms with van der Waals surface area (Å²) in [7, 11) is 0. The van der Waals surface area contributed by atoms with Crippen LogP contribution in [0.2, 0.25) is 0 Å². The molecular formula is C15H26N2O2. The Bertz CT molecular complexity index is 365. The molecule has 2 saturated heterocycles. The number of carbonyl (C=O) groups is 1. The second kappa shape index (κ2) is 4.74. The van der Waals surface area contributed by atoms with Crippen LogP contribution in [-0.2, 0) is 9.53 Å². The van der Waals surface area contributed by atoms with E-state index in [0.29, 0.717) is 17.9 Å². The van der Waals surface area contributed by atoms with Crippen LogP contribution in [0.15, 0.2) is 0 Å². The van der Waals surface area contributed by atoms with Crippen LogP contribution in [0.25, 0.3) is 0 Å². The highest BCUT2D eigenvalue weighted by Gasteiger charge is 2.60. The molecule has 3 fully saturated rings. The average Bonchev–Trinajstić information content (AvgIpc) is 3.03. The number of rotatable bonds is 3. The van der Waals surface area contributed by atoms with E-state index in [9.17, 15) is 4.79 Å². The van der Waals surface area contributed by atoms with Crippen LogP contribution in [0.4, 0.5) is 0 Å². The summed E-state index contributed by atoms with van der Waals surface area (Å²) in [6, 6.07) is 0.368. The number of nitrogens with zero attached hydrogens (tertiary/aromatic N) is 1. The van der Waals surface area contributed by atoms with Gasteiger partial charge in [-0.3, -0.25) is 10.1 Å². The van der Waals surface area contributed by atoms with Gasteiger partial charge >= 0.3 is 0 Å². The second-order valence-corrected chi connectivity index (χ2v) is 6.94. The van der Waals surface area contributed by atoms with Gasteiger partial charge in [0, 0.05) is 12.6 Å². The summed E-state index contributed by atoms with van der Waals surface area (Å²) >= 11 is 0. The van der Waals surface area contributed by atoms with Crippen LogP contribution in [0.5, 0.6) is 0 Å². The highest BCUT2D eigenvalue weighted by Crippen LogP contribution is 2.44. The lowest BCUT2D eigenvalue weighted by Gasteiger charge is -2.37. The van der Waals surface area contributed by atoms with Crippen molar-refractivity contribution in [1.29, 1.82) is 0 Å². The maximum absolute atomic E-state index is 12.7. The van der Waals surface area contributed by atoms with Crippen LogP contribution in [-0.4, -0.2) is 41.3 Å². The van der Waals surface area contributed by atoms with Gasteiger partial charge in [-0.2, -0.15) is 0 Å². The zero-order chi connectivity index (χ0) is 13.6. The molecule has 0 radical (unpaired) electrons. The Kier molecular flexibility index (Phi) is 3.34. The van der Waals surface area contributed by atoms with Crippen molar-refractivity contribution in [3.05, 3.63) is 0 Å². The molecule has 1 aliphatic carbocycles. The van der Waals surface area contributed by atoms with E-state index in [1.165, 1.54) is 0 Å². The van der Waals surface area contributed by atoms with Gasteiger partial charge < -0.3 is 9.64 Å². The maximum atomic E-state index is 12.7. The maximum Gasteiger partial charge on any atom is 0.244 e. The summed E-state index contributed by atoms with van der Waals surface area (Å²) in [4.78, 5) is 14.9. The molecule has 3 aliphatic rings. The Morgan fingerprint density at radius 1 is 1.47 bits per heavy atom. The molecule has 4 nitrogen and oxygen atoms in total. The summed E-state index contributed by atoms with van der Waals surface area (Å²) in [6.45, 7) is 7.37. The van der Waals surface area contributed by atoms with E-state index in [-0.39, 0.29) is 17.8 Å². The summed E-state index contributed by atoms with van der Waals surface area (Å²) in [5.41, 5.74) is -0.179. The molecule has 1 spiro atoms. The summed E-state index contributed by atoms with van der Waals surface area (Å²) in [6.07, 6.45) is 5.60. The zero-order valence-corrected chi connectivity index (χ0v) is 12.3. The van der Waals surface area contributed by atoms with Crippen LogP contribution in [0.1, 0.15) is 52.9 Å². The van der Waals surface area contributed by atoms with Crippen molar-refractivity contribution >= 4 is 5.91 Å². The molecule has 3 rings (SSSR count). The standard InChI is InChI=1S/C15H26N2O2/c1-10(2)8-13-16-15(5-6-15)14(18)17(13)12-4-7-19-11(3)9-12/h10-13,16H,4-9H2,1-3H3. The fourth-order valence-electron chi connectivity index (χ4n) is 3.59. The van der Waals surface area contributed by atoms with Crippen molar-refractivity contribution in [2.75, 3.05) is 6.61 Å². The molecule has 4 heteroatoms. The quantitative estimate of drug-likeness (QED) is 0.848. The lowest BCUT2D eigenvalue weighted by atomic mass is 10.00. The molecule has 3 atom stereocenters. The van der Waals surface area contributed by atoms with E-state index in [1.54, 1.807) is 0 Å². The Morgan fingerprint density at radius 2 is 2.21 bits per heavy atom. The number of amides is 1. The molecule has 0 bridgehead atoms. The molecule has 1 amide bonds. The molecule has 1 saturated carbocycles. The molecule has 2 heterocycles. The smallest absolute Gasteiger partial charge is 0.244 e. The van der Waals surface area contributed by atoms with Crippen LogP contribution in [0, 0.1) is 5.92 Å². The van der Waals surface area contributed by atoms with Gasteiger partial charge in [-0.05, 0) is 44.9 Å². The first-order chi connectivity index (χ1) is 9.02. The Hall–Kier alpha value is -0.610. The number of hydrogen-bond acceptors (Lipinski definition) is 3. The van der Waals surface area contributed by atoms with Gasteiger partial charge in [-0.25, -0.2) is 0 Å². The van der Waals surface area contributed by atoms with Gasteiger partial charge in [0.15, 0.2) is 0 Å². The van der Waals surface area contributed by atoms with Crippen molar-refractivity contribution in [2.24, 2.45) is 5.92 Å². The van der Waals surface area contributed by atoms with E-state index in [0.717, 1.165) is 38.7 Å². The average molecular weight is 266 g/mol. The van der Waals surface area contributed by atoms with Crippen molar-refractivity contribution in [3.8, 4) is 0 Å². The fraction of sp³-hybridized carbons (Fsp3) is 0.933. The normalized spacial score (nSPS) is 37.4. The third-order valence-electron chi connectivity index (χ3n) is 4.72. The predicted octanol–water partition coefficient (Wildman–Crippen LogP) is 1.89. The monoisotopic (exact) mass is 266 g/mol. The largest absolute Gasteiger partial charge is 0.378 e. The molecule has 3 unspecified atom stereocenters. The van der Waals surface area contributed by atoms with Gasteiger partial charge in [0.05, 0.1) is 17.8 Å². The van der Waals surface area contributed by atoms with Crippen LogP contribution >= 0.6 is 0 Å². The summed E-state index contributed by atoms with van der Waals surface area (Å²) in [5.74, 6) is 0.969. The van der Waals surface area contributed by atoms with Gasteiger partial charge in [-0.1, -0.05) is 13.8 Å². The van der Waals surface area contributed by atoms with E-state index >= 15 is 0 Å². The molecule has 108 valence electrons. The van der Waals surface area contributed by atoms with Crippen molar-refractivity contribution in [2.45, 2.75) is 76.7 Å². The summed E-state index contributed by atoms with van der Waals surface area (Å²) < 4.78 is 5.63. The number of carbonyl (C=O) groups excluding carboxylic acids is 1. The van der Waals surface area contributed by atoms with E-state index in [4.69, 9.17) is 4.74 Å². The topological polar surface area (TPSA) is 41.6 Å². The third-order valence-corrected chi connectivity index (χ3v) is 4.72. The highest BCUT2D eigenvalue weighted by atomic mass is 16.5. The van der Waals surface area contributed by atoms with E-state index in [1.807, 2.05) is 0 Å². The molecule has 1 N–H and O–H groups in total. The van der Waals surface area contributed by atoms with Crippen molar-refractivity contribution < 1.29 is 9.53 Å². The predicted molar refractivity (Wildman–Crippen MR) is 73.6 cm³/mol. The van der Waals surface area contributed by atoms with Gasteiger partial charge in [-0.15, -0.1) is 0 Å². The second-order valence-electron chi connectivity index (χ2n) is 6.94. The lowest BCUT2D eigenvalue weighted by Crippen LogP contribution is -2.48. The molecular weight excluding hydrogens is 240 g/mol. The van der Waals surface area contributed by atoms with Crippen LogP contribution < -0.4 is 5.32 Å². The summed E-state index contributed by atoms with van der Waals surface area (Å²) in [5, 5.41) is 3.62. The van der Waals surface area contributed by atoms with E-state index < -0.39 is 0 Å². The molecule has 0 aromatic rings. The zero-order valence-electron chi connectivity index (χ0n) is 12.3. The molecule has 19 heavy (non-hydrogen) atoms. The first-order valence-electron chi connectivity index (χ1n) is 7.74. The van der Waals surface area contributed by atoms with Crippen molar-refractivity contribution in [3.63, 3.8) is 0 Å². The number of ether oxygens (including phenoxy) is 1. The third kappa shape index (κ3) is 2.40. The number of nitrogens with one attached hydrogen (secondary N) is 1. The first-order valence-corrected chi connectivity index (χ1v) is 7.74. The lowest BCUT2D eigenvalue weighted by molar-refractivity contribution is -0.136. The minimum absolute atomic E-state index is 0.179. The van der Waals surface area contributed by atoms with Crippen LogP contribution in [0.3, 0.4) is 0 Å². The highest BCUT2D eigenvalue weighted by molar-refractivity contribution is 5.92. The first kappa shape index (κ1) is 13.4. The van der Waals surface area contributed by atoms with Gasteiger partial charge in [0.25, 0.3) is 0 Å². The molecule has 0 aromatic heterocycles. The SMILES string of the molecule is CC(C)CC1NC2(CC2)C(=O)N1C1CCOC(C)C1.